The van der Waals surface area contributed by atoms with Gasteiger partial charge in [-0.3, -0.25) is 9.78 Å². The van der Waals surface area contributed by atoms with E-state index >= 15 is 0 Å². The molecular weight excluding hydrogens is 426 g/mol. The number of benzene rings is 2. The summed E-state index contributed by atoms with van der Waals surface area (Å²) in [5, 5.41) is 5.08. The fourth-order valence-electron chi connectivity index (χ4n) is 5.11. The van der Waals surface area contributed by atoms with E-state index < -0.39 is 14.2 Å². The molecule has 1 amide bonds. The fourth-order valence-corrected chi connectivity index (χ4v) is 10.4. The Morgan fingerprint density at radius 2 is 1.58 bits per heavy atom. The molecule has 0 saturated carbocycles. The quantitative estimate of drug-likeness (QED) is 0.357. The van der Waals surface area contributed by atoms with E-state index in [-0.39, 0.29) is 12.5 Å². The van der Waals surface area contributed by atoms with Crippen LogP contribution < -0.4 is 15.5 Å². The number of anilines is 1. The zero-order valence-corrected chi connectivity index (χ0v) is 21.6. The lowest BCUT2D eigenvalue weighted by Crippen LogP contribution is -2.50. The van der Waals surface area contributed by atoms with Crippen LogP contribution in [0.1, 0.15) is 53.0 Å². The first kappa shape index (κ1) is 24.9. The third kappa shape index (κ3) is 5.28. The van der Waals surface area contributed by atoms with Crippen molar-refractivity contribution in [1.29, 1.82) is 0 Å². The van der Waals surface area contributed by atoms with Crippen LogP contribution in [0.25, 0.3) is 10.8 Å². The molecule has 0 spiro atoms. The summed E-state index contributed by atoms with van der Waals surface area (Å²) in [5.41, 5.74) is 9.14. The van der Waals surface area contributed by atoms with E-state index in [4.69, 9.17) is 10.2 Å². The van der Waals surface area contributed by atoms with Crippen LogP contribution in [0.3, 0.4) is 0 Å². The van der Waals surface area contributed by atoms with E-state index in [9.17, 15) is 4.79 Å². The minimum absolute atomic E-state index is 0.116. The first-order valence-electron chi connectivity index (χ1n) is 11.8. The number of nitrogens with two attached hydrogens (primary N) is 1. The normalized spacial score (nSPS) is 13.0. The summed E-state index contributed by atoms with van der Waals surface area (Å²) < 4.78 is 6.75. The summed E-state index contributed by atoms with van der Waals surface area (Å²) in [5.74, 6) is 0.324. The Kier molecular flexibility index (Phi) is 7.92. The number of hydrogen-bond donors (Lipinski definition) is 2. The fraction of sp³-hybridized carbons (Fsp3) is 0.407. The first-order chi connectivity index (χ1) is 15.7. The van der Waals surface area contributed by atoms with E-state index in [0.29, 0.717) is 16.6 Å². The number of aromatic nitrogens is 1. The third-order valence-corrected chi connectivity index (χ3v) is 12.7. The maximum Gasteiger partial charge on any atom is 0.258 e. The van der Waals surface area contributed by atoms with Crippen LogP contribution in [0.4, 0.5) is 5.69 Å². The molecule has 0 bridgehead atoms. The van der Waals surface area contributed by atoms with Gasteiger partial charge in [-0.15, -0.1) is 0 Å². The molecule has 3 rings (SSSR count). The van der Waals surface area contributed by atoms with Crippen molar-refractivity contribution in [2.75, 3.05) is 11.9 Å². The van der Waals surface area contributed by atoms with Crippen molar-refractivity contribution in [3.05, 3.63) is 66.5 Å². The van der Waals surface area contributed by atoms with Gasteiger partial charge in [0.1, 0.15) is 5.75 Å². The van der Waals surface area contributed by atoms with Crippen molar-refractivity contribution in [3.63, 3.8) is 0 Å². The molecule has 0 radical (unpaired) electrons. The lowest BCUT2D eigenvalue weighted by atomic mass is 9.98. The predicted octanol–water partition coefficient (Wildman–Crippen LogP) is 6.47. The second-order valence-corrected chi connectivity index (χ2v) is 15.1. The van der Waals surface area contributed by atoms with Crippen LogP contribution >= 0.6 is 0 Å². The molecule has 0 aliphatic carbocycles. The predicted molar refractivity (Wildman–Crippen MR) is 140 cm³/mol. The first-order valence-corrected chi connectivity index (χ1v) is 14.0. The molecule has 1 heterocycles. The molecule has 1 aromatic heterocycles. The molecule has 2 aromatic carbocycles. The number of carbonyl (C=O) groups excluding carboxylic acids is 1. The van der Waals surface area contributed by atoms with Crippen molar-refractivity contribution < 1.29 is 9.22 Å². The molecule has 6 heteroatoms. The number of rotatable bonds is 9. The minimum Gasteiger partial charge on any atom is -0.543 e. The summed E-state index contributed by atoms with van der Waals surface area (Å²) >= 11 is 0. The van der Waals surface area contributed by atoms with Gasteiger partial charge >= 0.3 is 0 Å². The summed E-state index contributed by atoms with van der Waals surface area (Å²) in [6, 6.07) is 15.6. The Hall–Kier alpha value is -2.70. The van der Waals surface area contributed by atoms with Crippen molar-refractivity contribution in [2.45, 2.75) is 64.1 Å². The second-order valence-electron chi connectivity index (χ2n) is 9.70. The van der Waals surface area contributed by atoms with Gasteiger partial charge in [0.05, 0.1) is 5.92 Å². The van der Waals surface area contributed by atoms with Gasteiger partial charge in [-0.25, -0.2) is 0 Å². The molecular formula is C27H37N3O2Si. The maximum absolute atomic E-state index is 13.0. The Labute approximate surface area is 198 Å². The average molecular weight is 464 g/mol. The molecule has 33 heavy (non-hydrogen) atoms. The molecule has 1 unspecified atom stereocenters. The summed E-state index contributed by atoms with van der Waals surface area (Å²) in [6.45, 7) is 13.9. The molecule has 3 aromatic rings. The Morgan fingerprint density at radius 3 is 2.15 bits per heavy atom. The Balaban J connectivity index is 1.77. The monoisotopic (exact) mass is 463 g/mol. The lowest BCUT2D eigenvalue weighted by Gasteiger charge is -2.42. The molecule has 176 valence electrons. The lowest BCUT2D eigenvalue weighted by molar-refractivity contribution is -0.117. The van der Waals surface area contributed by atoms with Gasteiger partial charge in [0.2, 0.25) is 5.91 Å². The molecule has 0 fully saturated rings. The minimum atomic E-state index is -2.03. The third-order valence-electron chi connectivity index (χ3n) is 6.74. The highest BCUT2D eigenvalue weighted by Crippen LogP contribution is 2.42. The SMILES string of the molecule is CC(C)[Si](Oc1ccc(C(CN)C(=O)Nc2ccc3cnccc3c2)cc1)(C(C)C)C(C)C. The largest absolute Gasteiger partial charge is 0.543 e. The van der Waals surface area contributed by atoms with Gasteiger partial charge < -0.3 is 15.5 Å². The van der Waals surface area contributed by atoms with Crippen LogP contribution in [0.15, 0.2) is 60.9 Å². The van der Waals surface area contributed by atoms with Gasteiger partial charge in [-0.1, -0.05) is 59.7 Å². The van der Waals surface area contributed by atoms with Crippen molar-refractivity contribution in [2.24, 2.45) is 5.73 Å². The Bertz CT molecular complexity index is 1060. The molecule has 1 atom stereocenters. The van der Waals surface area contributed by atoms with Gasteiger partial charge in [0, 0.05) is 30.0 Å². The standard InChI is InChI=1S/C27H37N3O2Si/c1-18(2)33(19(3)4,20(5)6)32-25-11-8-21(9-12-25)26(16-28)27(31)30-24-10-7-23-17-29-14-13-22(23)15-24/h7-15,17-20,26H,16,28H2,1-6H3,(H,30,31). The summed E-state index contributed by atoms with van der Waals surface area (Å²) in [4.78, 5) is 17.2. The number of nitrogens with one attached hydrogen (secondary N) is 1. The highest BCUT2D eigenvalue weighted by molar-refractivity contribution is 6.78. The van der Waals surface area contributed by atoms with Crippen LogP contribution in [0.5, 0.6) is 5.75 Å². The van der Waals surface area contributed by atoms with Crippen LogP contribution in [-0.2, 0) is 4.79 Å². The van der Waals surface area contributed by atoms with Gasteiger partial charge in [-0.05, 0) is 57.9 Å². The van der Waals surface area contributed by atoms with Gasteiger partial charge in [0.25, 0.3) is 8.32 Å². The number of nitrogens with zero attached hydrogens (tertiary/aromatic N) is 1. The zero-order chi connectivity index (χ0) is 24.2. The second kappa shape index (κ2) is 10.5. The zero-order valence-electron chi connectivity index (χ0n) is 20.6. The molecule has 3 N–H and O–H groups in total. The number of carbonyl (C=O) groups is 1. The molecule has 5 nitrogen and oxygen atoms in total. The van der Waals surface area contributed by atoms with Gasteiger partial charge in [-0.2, -0.15) is 0 Å². The smallest absolute Gasteiger partial charge is 0.258 e. The summed E-state index contributed by atoms with van der Waals surface area (Å²) in [7, 11) is -2.03. The van der Waals surface area contributed by atoms with Crippen LogP contribution in [0.2, 0.25) is 16.6 Å². The molecule has 0 aliphatic rings. The molecule has 0 saturated heterocycles. The number of pyridine rings is 1. The van der Waals surface area contributed by atoms with E-state index in [1.165, 1.54) is 0 Å². The van der Waals surface area contributed by atoms with Crippen molar-refractivity contribution >= 4 is 30.7 Å². The maximum atomic E-state index is 13.0. The van der Waals surface area contributed by atoms with E-state index in [2.05, 4.69) is 51.8 Å². The molecule has 0 aliphatic heterocycles. The van der Waals surface area contributed by atoms with Crippen molar-refractivity contribution in [1.82, 2.24) is 4.98 Å². The average Bonchev–Trinajstić information content (AvgIpc) is 2.78. The van der Waals surface area contributed by atoms with E-state index in [1.807, 2.05) is 54.7 Å². The number of hydrogen-bond acceptors (Lipinski definition) is 4. The van der Waals surface area contributed by atoms with Crippen LogP contribution in [-0.4, -0.2) is 25.8 Å². The highest BCUT2D eigenvalue weighted by atomic mass is 28.4. The number of fused-ring (bicyclic) bond motifs is 1. The van der Waals surface area contributed by atoms with E-state index in [0.717, 1.165) is 27.8 Å². The topological polar surface area (TPSA) is 77.2 Å². The van der Waals surface area contributed by atoms with E-state index in [1.54, 1.807) is 6.20 Å². The van der Waals surface area contributed by atoms with Crippen molar-refractivity contribution in [3.8, 4) is 5.75 Å². The number of amides is 1. The summed E-state index contributed by atoms with van der Waals surface area (Å²) in [6.07, 6.45) is 3.55. The van der Waals surface area contributed by atoms with Gasteiger partial charge in [0.15, 0.2) is 0 Å². The highest BCUT2D eigenvalue weighted by Gasteiger charge is 2.47. The van der Waals surface area contributed by atoms with Crippen LogP contribution in [0, 0.1) is 0 Å². The Morgan fingerprint density at radius 1 is 0.939 bits per heavy atom.